The highest BCUT2D eigenvalue weighted by Gasteiger charge is 2.27. The maximum atomic E-state index is 12.6. The molecule has 2 heterocycles. The van der Waals surface area contributed by atoms with Crippen molar-refractivity contribution in [2.24, 2.45) is 5.92 Å². The van der Waals surface area contributed by atoms with E-state index in [-0.39, 0.29) is 11.9 Å². The SMILES string of the molecule is CC1CN(C)CCC1NC(=O)c1cccc2c1NCCN2. The van der Waals surface area contributed by atoms with Crippen LogP contribution in [0.5, 0.6) is 0 Å². The smallest absolute Gasteiger partial charge is 0.253 e. The number of benzene rings is 1. The summed E-state index contributed by atoms with van der Waals surface area (Å²) in [7, 11) is 2.14. The van der Waals surface area contributed by atoms with Crippen LogP contribution in [0, 0.1) is 5.92 Å². The minimum absolute atomic E-state index is 0.0319. The van der Waals surface area contributed by atoms with Crippen molar-refractivity contribution < 1.29 is 4.79 Å². The molecule has 21 heavy (non-hydrogen) atoms. The van der Waals surface area contributed by atoms with Gasteiger partial charge in [0, 0.05) is 25.7 Å². The van der Waals surface area contributed by atoms with Gasteiger partial charge in [0.05, 0.1) is 16.9 Å². The highest BCUT2D eigenvalue weighted by Crippen LogP contribution is 2.28. The van der Waals surface area contributed by atoms with Gasteiger partial charge >= 0.3 is 0 Å². The number of nitrogens with zero attached hydrogens (tertiary/aromatic N) is 1. The molecular formula is C16H24N4O. The molecule has 0 saturated carbocycles. The van der Waals surface area contributed by atoms with Crippen LogP contribution in [0.3, 0.4) is 0 Å². The molecule has 114 valence electrons. The van der Waals surface area contributed by atoms with Gasteiger partial charge in [0.1, 0.15) is 0 Å². The van der Waals surface area contributed by atoms with Crippen LogP contribution in [-0.4, -0.2) is 50.1 Å². The quantitative estimate of drug-likeness (QED) is 0.773. The zero-order valence-corrected chi connectivity index (χ0v) is 12.8. The maximum absolute atomic E-state index is 12.6. The lowest BCUT2D eigenvalue weighted by Gasteiger charge is -2.35. The third-order valence-electron chi connectivity index (χ3n) is 4.48. The van der Waals surface area contributed by atoms with Crippen LogP contribution in [0.2, 0.25) is 0 Å². The third kappa shape index (κ3) is 2.97. The number of likely N-dealkylation sites (tertiary alicyclic amines) is 1. The Hall–Kier alpha value is -1.75. The molecule has 2 aliphatic heterocycles. The second-order valence-corrected chi connectivity index (χ2v) is 6.19. The number of piperidine rings is 1. The van der Waals surface area contributed by atoms with Gasteiger partial charge in [-0.05, 0) is 38.1 Å². The molecule has 2 unspecified atom stereocenters. The van der Waals surface area contributed by atoms with Gasteiger partial charge in [0.15, 0.2) is 0 Å². The molecule has 5 nitrogen and oxygen atoms in total. The van der Waals surface area contributed by atoms with E-state index in [4.69, 9.17) is 0 Å². The Balaban J connectivity index is 1.74. The van der Waals surface area contributed by atoms with Gasteiger partial charge in [0.2, 0.25) is 0 Å². The van der Waals surface area contributed by atoms with E-state index in [2.05, 4.69) is 34.8 Å². The number of hydrogen-bond donors (Lipinski definition) is 3. The van der Waals surface area contributed by atoms with E-state index in [0.29, 0.717) is 5.92 Å². The first-order chi connectivity index (χ1) is 10.1. The average Bonchev–Trinajstić information content (AvgIpc) is 2.49. The van der Waals surface area contributed by atoms with Crippen molar-refractivity contribution in [2.45, 2.75) is 19.4 Å². The van der Waals surface area contributed by atoms with Crippen LogP contribution >= 0.6 is 0 Å². The van der Waals surface area contributed by atoms with Crippen molar-refractivity contribution in [3.8, 4) is 0 Å². The first-order valence-corrected chi connectivity index (χ1v) is 7.75. The van der Waals surface area contributed by atoms with Gasteiger partial charge in [-0.3, -0.25) is 4.79 Å². The second kappa shape index (κ2) is 5.93. The van der Waals surface area contributed by atoms with Crippen molar-refractivity contribution in [1.29, 1.82) is 0 Å². The van der Waals surface area contributed by atoms with Crippen LogP contribution in [-0.2, 0) is 0 Å². The van der Waals surface area contributed by atoms with Crippen LogP contribution < -0.4 is 16.0 Å². The van der Waals surface area contributed by atoms with E-state index in [1.54, 1.807) is 0 Å². The van der Waals surface area contributed by atoms with E-state index in [1.165, 1.54) is 0 Å². The van der Waals surface area contributed by atoms with Gasteiger partial charge in [0.25, 0.3) is 5.91 Å². The molecule has 0 aliphatic carbocycles. The minimum Gasteiger partial charge on any atom is -0.382 e. The summed E-state index contributed by atoms with van der Waals surface area (Å²) in [4.78, 5) is 14.9. The summed E-state index contributed by atoms with van der Waals surface area (Å²) in [6.45, 7) is 6.03. The topological polar surface area (TPSA) is 56.4 Å². The summed E-state index contributed by atoms with van der Waals surface area (Å²) < 4.78 is 0. The van der Waals surface area contributed by atoms with Crippen molar-refractivity contribution in [3.05, 3.63) is 23.8 Å². The predicted octanol–water partition coefficient (Wildman–Crippen LogP) is 1.59. The van der Waals surface area contributed by atoms with Gasteiger partial charge < -0.3 is 20.9 Å². The molecule has 2 atom stereocenters. The maximum Gasteiger partial charge on any atom is 0.253 e. The van der Waals surface area contributed by atoms with Gasteiger partial charge in [-0.15, -0.1) is 0 Å². The summed E-state index contributed by atoms with van der Waals surface area (Å²) in [5, 5.41) is 9.89. The molecule has 3 rings (SSSR count). The molecular weight excluding hydrogens is 264 g/mol. The molecule has 0 radical (unpaired) electrons. The number of fused-ring (bicyclic) bond motifs is 1. The first kappa shape index (κ1) is 14.2. The fourth-order valence-electron chi connectivity index (χ4n) is 3.28. The Kier molecular flexibility index (Phi) is 4.01. The number of hydrogen-bond acceptors (Lipinski definition) is 4. The zero-order chi connectivity index (χ0) is 14.8. The minimum atomic E-state index is 0.0319. The molecule has 1 saturated heterocycles. The summed E-state index contributed by atoms with van der Waals surface area (Å²) >= 11 is 0. The molecule has 1 amide bonds. The standard InChI is InChI=1S/C16H24N4O/c1-11-10-20(2)9-6-13(11)19-16(21)12-4-3-5-14-15(12)18-8-7-17-14/h3-5,11,13,17-18H,6-10H2,1-2H3,(H,19,21). The number of carbonyl (C=O) groups is 1. The molecule has 5 heteroatoms. The Labute approximate surface area is 126 Å². The molecule has 0 aromatic heterocycles. The van der Waals surface area contributed by atoms with Crippen LogP contribution in [0.1, 0.15) is 23.7 Å². The zero-order valence-electron chi connectivity index (χ0n) is 12.8. The lowest BCUT2D eigenvalue weighted by atomic mass is 9.93. The van der Waals surface area contributed by atoms with Crippen LogP contribution in [0.25, 0.3) is 0 Å². The van der Waals surface area contributed by atoms with Gasteiger partial charge in [-0.25, -0.2) is 0 Å². The van der Waals surface area contributed by atoms with Crippen molar-refractivity contribution >= 4 is 17.3 Å². The Bertz CT molecular complexity index is 531. The average molecular weight is 288 g/mol. The highest BCUT2D eigenvalue weighted by molar-refractivity contribution is 6.03. The summed E-state index contributed by atoms with van der Waals surface area (Å²) in [6.07, 6.45) is 1.02. The summed E-state index contributed by atoms with van der Waals surface area (Å²) in [5.41, 5.74) is 2.69. The van der Waals surface area contributed by atoms with Crippen molar-refractivity contribution in [2.75, 3.05) is 43.9 Å². The van der Waals surface area contributed by atoms with Crippen LogP contribution in [0.4, 0.5) is 11.4 Å². The first-order valence-electron chi connectivity index (χ1n) is 7.75. The lowest BCUT2D eigenvalue weighted by molar-refractivity contribution is 0.0884. The molecule has 3 N–H and O–H groups in total. The number of nitrogens with one attached hydrogen (secondary N) is 3. The lowest BCUT2D eigenvalue weighted by Crippen LogP contribution is -2.49. The summed E-state index contributed by atoms with van der Waals surface area (Å²) in [5.74, 6) is 0.516. The van der Waals surface area contributed by atoms with Crippen LogP contribution in [0.15, 0.2) is 18.2 Å². The molecule has 1 aromatic rings. The Morgan fingerprint density at radius 3 is 2.95 bits per heavy atom. The van der Waals surface area contributed by atoms with Crippen molar-refractivity contribution in [3.63, 3.8) is 0 Å². The molecule has 1 aromatic carbocycles. The molecule has 0 spiro atoms. The van der Waals surface area contributed by atoms with E-state index < -0.39 is 0 Å². The molecule has 1 fully saturated rings. The normalized spacial score (nSPS) is 25.4. The number of rotatable bonds is 2. The number of anilines is 2. The fourth-order valence-corrected chi connectivity index (χ4v) is 3.28. The Morgan fingerprint density at radius 1 is 1.33 bits per heavy atom. The monoisotopic (exact) mass is 288 g/mol. The van der Waals surface area contributed by atoms with Crippen molar-refractivity contribution in [1.82, 2.24) is 10.2 Å². The Morgan fingerprint density at radius 2 is 2.14 bits per heavy atom. The van der Waals surface area contributed by atoms with E-state index in [0.717, 1.165) is 49.5 Å². The van der Waals surface area contributed by atoms with E-state index >= 15 is 0 Å². The molecule has 0 bridgehead atoms. The van der Waals surface area contributed by atoms with E-state index in [1.807, 2.05) is 18.2 Å². The predicted molar refractivity (Wildman–Crippen MR) is 86.0 cm³/mol. The second-order valence-electron chi connectivity index (χ2n) is 6.19. The summed E-state index contributed by atoms with van der Waals surface area (Å²) in [6, 6.07) is 6.11. The van der Waals surface area contributed by atoms with E-state index in [9.17, 15) is 4.79 Å². The molecule has 2 aliphatic rings. The highest BCUT2D eigenvalue weighted by atomic mass is 16.1. The number of para-hydroxylation sites is 1. The van der Waals surface area contributed by atoms with Gasteiger partial charge in [-0.1, -0.05) is 13.0 Å². The number of amides is 1. The number of carbonyl (C=O) groups excluding carboxylic acids is 1. The third-order valence-corrected chi connectivity index (χ3v) is 4.48. The van der Waals surface area contributed by atoms with Gasteiger partial charge in [-0.2, -0.15) is 0 Å². The fraction of sp³-hybridized carbons (Fsp3) is 0.562. The largest absolute Gasteiger partial charge is 0.382 e.